The third-order valence-corrected chi connectivity index (χ3v) is 1.65. The van der Waals surface area contributed by atoms with Crippen LogP contribution in [0.15, 0.2) is 0 Å². The number of nitrogens with zero attached hydrogens (tertiary/aromatic N) is 1. The van der Waals surface area contributed by atoms with Gasteiger partial charge < -0.3 is 4.90 Å². The van der Waals surface area contributed by atoms with Crippen molar-refractivity contribution < 1.29 is 9.59 Å². The highest BCUT2D eigenvalue weighted by Gasteiger charge is 2.25. The molecule has 3 amide bonds. The van der Waals surface area contributed by atoms with Crippen molar-refractivity contribution in [3.05, 3.63) is 0 Å². The van der Waals surface area contributed by atoms with Crippen LogP contribution in [0.2, 0.25) is 0 Å². The molecule has 0 saturated carbocycles. The van der Waals surface area contributed by atoms with Crippen LogP contribution in [0.5, 0.6) is 0 Å². The average molecular weight is 156 g/mol. The van der Waals surface area contributed by atoms with E-state index >= 15 is 0 Å². The number of carbonyl (C=O) groups is 2. The summed E-state index contributed by atoms with van der Waals surface area (Å²) in [6.45, 7) is 2.97. The van der Waals surface area contributed by atoms with Gasteiger partial charge in [-0.1, -0.05) is 13.3 Å². The Morgan fingerprint density at radius 3 is 2.73 bits per heavy atom. The van der Waals surface area contributed by atoms with Gasteiger partial charge in [0.1, 0.15) is 6.54 Å². The van der Waals surface area contributed by atoms with Gasteiger partial charge in [0.25, 0.3) is 0 Å². The van der Waals surface area contributed by atoms with Gasteiger partial charge in [-0.25, -0.2) is 4.79 Å². The molecule has 62 valence electrons. The fourth-order valence-corrected chi connectivity index (χ4v) is 1.01. The molecule has 1 rings (SSSR count). The topological polar surface area (TPSA) is 49.4 Å². The molecule has 1 fully saturated rings. The molecular weight excluding hydrogens is 144 g/mol. The van der Waals surface area contributed by atoms with Gasteiger partial charge in [0.05, 0.1) is 0 Å². The van der Waals surface area contributed by atoms with Crippen molar-refractivity contribution in [3.63, 3.8) is 0 Å². The number of carbonyl (C=O) groups excluding carboxylic acids is 2. The van der Waals surface area contributed by atoms with E-state index < -0.39 is 0 Å². The molecule has 0 aromatic carbocycles. The average Bonchev–Trinajstić information content (AvgIpc) is 2.26. The summed E-state index contributed by atoms with van der Waals surface area (Å²) in [6, 6.07) is -0.247. The van der Waals surface area contributed by atoms with Gasteiger partial charge in [-0.15, -0.1) is 0 Å². The predicted molar refractivity (Wildman–Crippen MR) is 40.0 cm³/mol. The van der Waals surface area contributed by atoms with Crippen LogP contribution in [0.1, 0.15) is 19.8 Å². The maximum Gasteiger partial charge on any atom is 0.324 e. The second-order valence-electron chi connectivity index (χ2n) is 2.63. The van der Waals surface area contributed by atoms with Crippen LogP contribution in [0.4, 0.5) is 4.79 Å². The van der Waals surface area contributed by atoms with Crippen molar-refractivity contribution in [1.82, 2.24) is 10.2 Å². The van der Waals surface area contributed by atoms with Crippen molar-refractivity contribution >= 4 is 11.9 Å². The highest BCUT2D eigenvalue weighted by Crippen LogP contribution is 2.00. The second kappa shape index (κ2) is 3.37. The predicted octanol–water partition coefficient (Wildman–Crippen LogP) is 0.338. The van der Waals surface area contributed by atoms with Crippen molar-refractivity contribution in [2.45, 2.75) is 19.8 Å². The molecule has 4 nitrogen and oxygen atoms in total. The summed E-state index contributed by atoms with van der Waals surface area (Å²) in [5.74, 6) is -0.189. The highest BCUT2D eigenvalue weighted by molar-refractivity contribution is 6.01. The molecule has 1 saturated heterocycles. The summed E-state index contributed by atoms with van der Waals surface area (Å²) in [7, 11) is 0. The molecule has 4 heteroatoms. The monoisotopic (exact) mass is 156 g/mol. The zero-order valence-corrected chi connectivity index (χ0v) is 6.59. The van der Waals surface area contributed by atoms with Crippen LogP contribution in [-0.4, -0.2) is 29.9 Å². The quantitative estimate of drug-likeness (QED) is 0.599. The number of unbranched alkanes of at least 4 members (excludes halogenated alkanes) is 1. The van der Waals surface area contributed by atoms with Crippen molar-refractivity contribution in [1.29, 1.82) is 0 Å². The van der Waals surface area contributed by atoms with Gasteiger partial charge in [-0.3, -0.25) is 10.1 Å². The number of hydrogen-bond donors (Lipinski definition) is 1. The Morgan fingerprint density at radius 2 is 2.27 bits per heavy atom. The number of nitrogens with one attached hydrogen (secondary N) is 1. The molecule has 1 heterocycles. The van der Waals surface area contributed by atoms with Gasteiger partial charge in [0.2, 0.25) is 5.91 Å². The molecule has 0 aromatic heterocycles. The summed E-state index contributed by atoms with van der Waals surface area (Å²) in [4.78, 5) is 23.1. The first-order valence-electron chi connectivity index (χ1n) is 3.82. The fourth-order valence-electron chi connectivity index (χ4n) is 1.01. The Bertz CT molecular complexity index is 179. The van der Waals surface area contributed by atoms with Gasteiger partial charge >= 0.3 is 6.03 Å². The Morgan fingerprint density at radius 1 is 1.55 bits per heavy atom. The number of hydrogen-bond acceptors (Lipinski definition) is 2. The molecule has 0 unspecified atom stereocenters. The minimum atomic E-state index is -0.247. The molecule has 11 heavy (non-hydrogen) atoms. The van der Waals surface area contributed by atoms with E-state index in [1.54, 1.807) is 0 Å². The third kappa shape index (κ3) is 1.93. The normalized spacial score (nSPS) is 17.4. The molecule has 0 radical (unpaired) electrons. The van der Waals surface area contributed by atoms with Gasteiger partial charge in [-0.05, 0) is 6.42 Å². The Balaban J connectivity index is 2.34. The van der Waals surface area contributed by atoms with Gasteiger partial charge in [-0.2, -0.15) is 0 Å². The smallest absolute Gasteiger partial charge is 0.315 e. The van der Waals surface area contributed by atoms with Crippen molar-refractivity contribution in [3.8, 4) is 0 Å². The summed E-state index contributed by atoms with van der Waals surface area (Å²) >= 11 is 0. The van der Waals surface area contributed by atoms with E-state index in [0.717, 1.165) is 12.8 Å². The third-order valence-electron chi connectivity index (χ3n) is 1.65. The standard InChI is InChI=1S/C7H12N2O2/c1-2-3-4-9-5-6(10)8-7(9)11/h2-5H2,1H3,(H,8,10,11). The fraction of sp³-hybridized carbons (Fsp3) is 0.714. The Hall–Kier alpha value is -1.06. The summed E-state index contributed by atoms with van der Waals surface area (Å²) in [5, 5.41) is 2.22. The minimum Gasteiger partial charge on any atom is -0.315 e. The number of rotatable bonds is 3. The first-order valence-corrected chi connectivity index (χ1v) is 3.82. The van der Waals surface area contributed by atoms with Crippen LogP contribution in [-0.2, 0) is 4.79 Å². The SMILES string of the molecule is CCCCN1CC(=O)NC1=O. The molecular formula is C7H12N2O2. The van der Waals surface area contributed by atoms with E-state index in [1.165, 1.54) is 4.90 Å². The minimum absolute atomic E-state index is 0.189. The molecule has 1 N–H and O–H groups in total. The lowest BCUT2D eigenvalue weighted by molar-refractivity contribution is -0.118. The van der Waals surface area contributed by atoms with Crippen molar-refractivity contribution in [2.24, 2.45) is 0 Å². The lowest BCUT2D eigenvalue weighted by atomic mass is 10.3. The molecule has 0 aromatic rings. The zero-order chi connectivity index (χ0) is 8.27. The zero-order valence-electron chi connectivity index (χ0n) is 6.59. The highest BCUT2D eigenvalue weighted by atomic mass is 16.2. The van der Waals surface area contributed by atoms with E-state index in [0.29, 0.717) is 6.54 Å². The second-order valence-corrected chi connectivity index (χ2v) is 2.63. The molecule has 1 aliphatic heterocycles. The molecule has 1 aliphatic rings. The molecule has 0 bridgehead atoms. The molecule has 0 aliphatic carbocycles. The maximum atomic E-state index is 10.9. The molecule has 0 spiro atoms. The van der Waals surface area contributed by atoms with Crippen LogP contribution in [0, 0.1) is 0 Å². The number of amides is 3. The van der Waals surface area contributed by atoms with E-state index in [1.807, 2.05) is 0 Å². The first-order chi connectivity index (χ1) is 5.24. The Kier molecular flexibility index (Phi) is 2.46. The first kappa shape index (κ1) is 8.04. The summed E-state index contributed by atoms with van der Waals surface area (Å²) in [5.41, 5.74) is 0. The number of imide groups is 1. The van der Waals surface area contributed by atoms with Crippen LogP contribution in [0.3, 0.4) is 0 Å². The van der Waals surface area contributed by atoms with E-state index in [9.17, 15) is 9.59 Å². The summed E-state index contributed by atoms with van der Waals surface area (Å²) < 4.78 is 0. The van der Waals surface area contributed by atoms with Gasteiger partial charge in [0.15, 0.2) is 0 Å². The largest absolute Gasteiger partial charge is 0.324 e. The lowest BCUT2D eigenvalue weighted by Gasteiger charge is -2.10. The maximum absolute atomic E-state index is 10.9. The summed E-state index contributed by atoms with van der Waals surface area (Å²) in [6.07, 6.45) is 2.00. The van der Waals surface area contributed by atoms with E-state index in [2.05, 4.69) is 12.2 Å². The van der Waals surface area contributed by atoms with E-state index in [-0.39, 0.29) is 18.5 Å². The van der Waals surface area contributed by atoms with Crippen LogP contribution >= 0.6 is 0 Å². The van der Waals surface area contributed by atoms with Gasteiger partial charge in [0, 0.05) is 6.54 Å². The number of urea groups is 1. The molecule has 0 atom stereocenters. The van der Waals surface area contributed by atoms with Crippen molar-refractivity contribution in [2.75, 3.05) is 13.1 Å². The van der Waals surface area contributed by atoms with E-state index in [4.69, 9.17) is 0 Å². The van der Waals surface area contributed by atoms with Crippen LogP contribution in [0.25, 0.3) is 0 Å². The Labute approximate surface area is 65.6 Å². The lowest BCUT2D eigenvalue weighted by Crippen LogP contribution is -2.28. The van der Waals surface area contributed by atoms with Crippen LogP contribution < -0.4 is 5.32 Å².